The summed E-state index contributed by atoms with van der Waals surface area (Å²) in [5.41, 5.74) is 0. The predicted molar refractivity (Wildman–Crippen MR) is 46.7 cm³/mol. The van der Waals surface area contributed by atoms with Crippen molar-refractivity contribution in [3.63, 3.8) is 0 Å². The van der Waals surface area contributed by atoms with E-state index in [1.807, 2.05) is 11.8 Å². The Bertz CT molecular complexity index is 132. The van der Waals surface area contributed by atoms with E-state index in [0.29, 0.717) is 13.0 Å². The number of piperidine rings is 1. The van der Waals surface area contributed by atoms with E-state index in [1.165, 1.54) is 0 Å². The molecule has 4 heteroatoms. The molecule has 1 aliphatic rings. The lowest BCUT2D eigenvalue weighted by Crippen LogP contribution is -2.48. The quantitative estimate of drug-likeness (QED) is 0.481. The van der Waals surface area contributed by atoms with Crippen molar-refractivity contribution in [3.8, 4) is 0 Å². The Balaban J connectivity index is 2.40. The zero-order chi connectivity index (χ0) is 8.43. The molecule has 1 fully saturated rings. The molecule has 0 aromatic rings. The number of hydrogen-bond donors (Lipinski definition) is 3. The van der Waals surface area contributed by atoms with Crippen LogP contribution in [0.15, 0.2) is 0 Å². The van der Waals surface area contributed by atoms with Gasteiger partial charge in [-0.25, -0.2) is 0 Å². The zero-order valence-electron chi connectivity index (χ0n) is 6.64. The minimum Gasteiger partial charge on any atom is -0.390 e. The topological polar surface area (TPSA) is 43.7 Å². The molecule has 66 valence electrons. The van der Waals surface area contributed by atoms with Gasteiger partial charge in [0.25, 0.3) is 0 Å². The van der Waals surface area contributed by atoms with E-state index in [9.17, 15) is 10.2 Å². The summed E-state index contributed by atoms with van der Waals surface area (Å²) in [4.78, 5) is 2.04. The number of β-amino-alcohol motifs (C(OH)–C–C–N with tert-alkyl or cyclic N) is 1. The van der Waals surface area contributed by atoms with Crippen LogP contribution < -0.4 is 0 Å². The van der Waals surface area contributed by atoms with Crippen LogP contribution in [-0.4, -0.2) is 45.8 Å². The lowest BCUT2D eigenvalue weighted by atomic mass is 10.1. The van der Waals surface area contributed by atoms with Crippen LogP contribution in [0.3, 0.4) is 0 Å². The van der Waals surface area contributed by atoms with Gasteiger partial charge >= 0.3 is 0 Å². The fraction of sp³-hybridized carbons (Fsp3) is 1.00. The van der Waals surface area contributed by atoms with E-state index >= 15 is 0 Å². The molecule has 0 aromatic carbocycles. The molecule has 1 rings (SSSR count). The van der Waals surface area contributed by atoms with Gasteiger partial charge in [-0.1, -0.05) is 0 Å². The fourth-order valence-corrected chi connectivity index (χ4v) is 1.49. The van der Waals surface area contributed by atoms with Crippen LogP contribution in [0.1, 0.15) is 13.3 Å². The molecular formula is C7H15NO2S. The van der Waals surface area contributed by atoms with E-state index in [0.717, 1.165) is 6.54 Å². The van der Waals surface area contributed by atoms with Crippen molar-refractivity contribution < 1.29 is 10.2 Å². The largest absolute Gasteiger partial charge is 0.390 e. The van der Waals surface area contributed by atoms with Crippen LogP contribution >= 0.6 is 12.6 Å². The monoisotopic (exact) mass is 177 g/mol. The van der Waals surface area contributed by atoms with Crippen molar-refractivity contribution in [2.45, 2.75) is 30.9 Å². The minimum absolute atomic E-state index is 0.164. The number of aliphatic hydroxyl groups is 2. The molecule has 0 bridgehead atoms. The number of aliphatic hydroxyl groups excluding tert-OH is 2. The van der Waals surface area contributed by atoms with Gasteiger partial charge in [-0.05, 0) is 13.3 Å². The molecule has 0 saturated carbocycles. The third kappa shape index (κ3) is 2.33. The van der Waals surface area contributed by atoms with E-state index in [-0.39, 0.29) is 5.37 Å². The van der Waals surface area contributed by atoms with Gasteiger partial charge in [0.15, 0.2) is 0 Å². The van der Waals surface area contributed by atoms with Gasteiger partial charge in [-0.2, -0.15) is 12.6 Å². The third-order valence-electron chi connectivity index (χ3n) is 2.11. The van der Waals surface area contributed by atoms with Gasteiger partial charge in [0, 0.05) is 18.5 Å². The van der Waals surface area contributed by atoms with E-state index < -0.39 is 12.2 Å². The highest BCUT2D eigenvalue weighted by atomic mass is 32.1. The molecule has 0 aromatic heterocycles. The first-order chi connectivity index (χ1) is 5.11. The number of nitrogens with zero attached hydrogens (tertiary/aromatic N) is 1. The van der Waals surface area contributed by atoms with E-state index in [2.05, 4.69) is 12.6 Å². The number of thiol groups is 1. The van der Waals surface area contributed by atoms with Crippen molar-refractivity contribution in [1.82, 2.24) is 4.90 Å². The second-order valence-electron chi connectivity index (χ2n) is 3.05. The van der Waals surface area contributed by atoms with Crippen LogP contribution in [-0.2, 0) is 0 Å². The number of rotatable bonds is 1. The summed E-state index contributed by atoms with van der Waals surface area (Å²) in [6.45, 7) is 3.32. The molecular weight excluding hydrogens is 162 g/mol. The van der Waals surface area contributed by atoms with Crippen LogP contribution in [0.2, 0.25) is 0 Å². The highest BCUT2D eigenvalue weighted by molar-refractivity contribution is 7.80. The zero-order valence-corrected chi connectivity index (χ0v) is 7.54. The smallest absolute Gasteiger partial charge is 0.0926 e. The summed E-state index contributed by atoms with van der Waals surface area (Å²) in [5, 5.41) is 18.6. The molecule has 3 nitrogen and oxygen atoms in total. The van der Waals surface area contributed by atoms with Crippen molar-refractivity contribution in [3.05, 3.63) is 0 Å². The van der Waals surface area contributed by atoms with E-state index in [4.69, 9.17) is 0 Å². The maximum Gasteiger partial charge on any atom is 0.0926 e. The lowest BCUT2D eigenvalue weighted by molar-refractivity contribution is -0.0396. The van der Waals surface area contributed by atoms with Gasteiger partial charge in [0.2, 0.25) is 0 Å². The Morgan fingerprint density at radius 2 is 2.09 bits per heavy atom. The molecule has 1 heterocycles. The van der Waals surface area contributed by atoms with Gasteiger partial charge in [-0.15, -0.1) is 0 Å². The van der Waals surface area contributed by atoms with Crippen molar-refractivity contribution in [1.29, 1.82) is 0 Å². The summed E-state index contributed by atoms with van der Waals surface area (Å²) in [6.07, 6.45) is -0.497. The SMILES string of the molecule is CC(S)N1CCC(O)C(O)C1. The Kier molecular flexibility index (Phi) is 3.18. The molecule has 0 aliphatic carbocycles. The number of hydrogen-bond acceptors (Lipinski definition) is 4. The molecule has 0 spiro atoms. The van der Waals surface area contributed by atoms with Crippen LogP contribution in [0, 0.1) is 0 Å². The molecule has 3 unspecified atom stereocenters. The average molecular weight is 177 g/mol. The molecule has 0 radical (unpaired) electrons. The van der Waals surface area contributed by atoms with Crippen LogP contribution in [0.4, 0.5) is 0 Å². The number of likely N-dealkylation sites (tertiary alicyclic amines) is 1. The highest BCUT2D eigenvalue weighted by Crippen LogP contribution is 2.14. The van der Waals surface area contributed by atoms with Gasteiger partial charge < -0.3 is 10.2 Å². The molecule has 1 aliphatic heterocycles. The van der Waals surface area contributed by atoms with Crippen molar-refractivity contribution in [2.75, 3.05) is 13.1 Å². The van der Waals surface area contributed by atoms with Crippen LogP contribution in [0.25, 0.3) is 0 Å². The molecule has 0 amide bonds. The second-order valence-corrected chi connectivity index (χ2v) is 3.80. The van der Waals surface area contributed by atoms with Gasteiger partial charge in [0.05, 0.1) is 12.2 Å². The van der Waals surface area contributed by atoms with Gasteiger partial charge in [0.1, 0.15) is 0 Å². The Morgan fingerprint density at radius 1 is 1.45 bits per heavy atom. The second kappa shape index (κ2) is 3.76. The Morgan fingerprint density at radius 3 is 2.55 bits per heavy atom. The first-order valence-corrected chi connectivity index (χ1v) is 4.41. The molecule has 2 N–H and O–H groups in total. The predicted octanol–water partition coefficient (Wildman–Crippen LogP) is -0.310. The summed E-state index contributed by atoms with van der Waals surface area (Å²) >= 11 is 4.24. The van der Waals surface area contributed by atoms with E-state index in [1.54, 1.807) is 0 Å². The average Bonchev–Trinajstić information content (AvgIpc) is 1.94. The minimum atomic E-state index is -0.599. The normalized spacial score (nSPS) is 37.1. The molecule has 1 saturated heterocycles. The van der Waals surface area contributed by atoms with Gasteiger partial charge in [-0.3, -0.25) is 4.90 Å². The fourth-order valence-electron chi connectivity index (χ4n) is 1.28. The van der Waals surface area contributed by atoms with Crippen LogP contribution in [0.5, 0.6) is 0 Å². The Hall–Kier alpha value is 0.230. The standard InChI is InChI=1S/C7H15NO2S/c1-5(11)8-3-2-6(9)7(10)4-8/h5-7,9-11H,2-4H2,1H3. The lowest BCUT2D eigenvalue weighted by Gasteiger charge is -2.35. The molecule has 3 atom stereocenters. The summed E-state index contributed by atoms with van der Waals surface area (Å²) < 4.78 is 0. The third-order valence-corrected chi connectivity index (χ3v) is 2.43. The first kappa shape index (κ1) is 9.32. The van der Waals surface area contributed by atoms with Crippen molar-refractivity contribution >= 4 is 12.6 Å². The maximum atomic E-state index is 9.27. The summed E-state index contributed by atoms with van der Waals surface area (Å²) in [6, 6.07) is 0. The summed E-state index contributed by atoms with van der Waals surface area (Å²) in [5.74, 6) is 0. The summed E-state index contributed by atoms with van der Waals surface area (Å²) in [7, 11) is 0. The van der Waals surface area contributed by atoms with Crippen molar-refractivity contribution in [2.24, 2.45) is 0 Å². The highest BCUT2D eigenvalue weighted by Gasteiger charge is 2.26. The molecule has 11 heavy (non-hydrogen) atoms. The maximum absolute atomic E-state index is 9.27. The first-order valence-electron chi connectivity index (χ1n) is 3.89. The Labute approximate surface area is 72.4 Å².